The molecule has 1 saturated heterocycles. The zero-order valence-electron chi connectivity index (χ0n) is 10.3. The molecule has 1 fully saturated rings. The predicted octanol–water partition coefficient (Wildman–Crippen LogP) is 1.99. The number of nitrogens with zero attached hydrogens (tertiary/aromatic N) is 1. The summed E-state index contributed by atoms with van der Waals surface area (Å²) in [4.78, 5) is 14.7. The fraction of sp³-hybridized carbons (Fsp3) is 0.357. The van der Waals surface area contributed by atoms with Gasteiger partial charge in [0.2, 0.25) is 0 Å². The van der Waals surface area contributed by atoms with Crippen LogP contribution in [0.3, 0.4) is 0 Å². The van der Waals surface area contributed by atoms with Gasteiger partial charge in [-0.25, -0.2) is 0 Å². The maximum atomic E-state index is 12.5. The average Bonchev–Trinajstić information content (AvgIpc) is 2.82. The van der Waals surface area contributed by atoms with Gasteiger partial charge in [0.1, 0.15) is 0 Å². The first-order valence-electron chi connectivity index (χ1n) is 6.18. The molecule has 1 atom stereocenters. The SMILES string of the molecule is CN1CCNC(C(=O)c2csc3ccccc23)C1. The second kappa shape index (κ2) is 4.80. The standard InChI is InChI=1S/C14H16N2OS/c1-16-7-6-15-12(8-16)14(17)11-9-18-13-5-3-2-4-10(11)13/h2-5,9,12,15H,6-8H2,1H3. The Morgan fingerprint density at radius 3 is 3.11 bits per heavy atom. The molecule has 1 aliphatic rings. The van der Waals surface area contributed by atoms with Crippen LogP contribution < -0.4 is 5.32 Å². The average molecular weight is 260 g/mol. The van der Waals surface area contributed by atoms with Gasteiger partial charge in [-0.15, -0.1) is 11.3 Å². The highest BCUT2D eigenvalue weighted by Gasteiger charge is 2.25. The molecule has 2 heterocycles. The second-order valence-electron chi connectivity index (χ2n) is 4.78. The molecule has 94 valence electrons. The maximum absolute atomic E-state index is 12.5. The van der Waals surface area contributed by atoms with E-state index in [2.05, 4.69) is 23.3 Å². The Bertz CT molecular complexity index is 578. The third-order valence-corrected chi connectivity index (χ3v) is 4.40. The number of hydrogen-bond acceptors (Lipinski definition) is 4. The van der Waals surface area contributed by atoms with E-state index in [1.54, 1.807) is 11.3 Å². The van der Waals surface area contributed by atoms with Crippen molar-refractivity contribution in [2.24, 2.45) is 0 Å². The number of rotatable bonds is 2. The van der Waals surface area contributed by atoms with Crippen LogP contribution in [0.2, 0.25) is 0 Å². The Labute approximate surface area is 110 Å². The van der Waals surface area contributed by atoms with E-state index >= 15 is 0 Å². The summed E-state index contributed by atoms with van der Waals surface area (Å²) in [6.45, 7) is 2.69. The third-order valence-electron chi connectivity index (χ3n) is 3.44. The molecule has 18 heavy (non-hydrogen) atoms. The van der Waals surface area contributed by atoms with Crippen LogP contribution in [0.1, 0.15) is 10.4 Å². The van der Waals surface area contributed by atoms with Gasteiger partial charge < -0.3 is 10.2 Å². The van der Waals surface area contributed by atoms with Gasteiger partial charge in [0.15, 0.2) is 5.78 Å². The predicted molar refractivity (Wildman–Crippen MR) is 75.4 cm³/mol. The summed E-state index contributed by atoms with van der Waals surface area (Å²) in [5.41, 5.74) is 0.864. The van der Waals surface area contributed by atoms with Crippen LogP contribution in [-0.4, -0.2) is 43.4 Å². The van der Waals surface area contributed by atoms with E-state index < -0.39 is 0 Å². The normalized spacial score (nSPS) is 21.3. The van der Waals surface area contributed by atoms with Crippen LogP contribution in [0, 0.1) is 0 Å². The topological polar surface area (TPSA) is 32.3 Å². The van der Waals surface area contributed by atoms with Crippen LogP contribution in [-0.2, 0) is 0 Å². The van der Waals surface area contributed by atoms with Gasteiger partial charge in [0.05, 0.1) is 6.04 Å². The number of nitrogens with one attached hydrogen (secondary N) is 1. The van der Waals surface area contributed by atoms with E-state index in [0.717, 1.165) is 30.6 Å². The zero-order chi connectivity index (χ0) is 12.5. The minimum absolute atomic E-state index is 0.0678. The molecular formula is C14H16N2OS. The summed E-state index contributed by atoms with van der Waals surface area (Å²) in [5, 5.41) is 6.39. The Balaban J connectivity index is 1.92. The van der Waals surface area contributed by atoms with E-state index in [0.29, 0.717) is 0 Å². The smallest absolute Gasteiger partial charge is 0.182 e. The third kappa shape index (κ3) is 2.07. The van der Waals surface area contributed by atoms with Crippen LogP contribution in [0.4, 0.5) is 0 Å². The molecule has 1 N–H and O–H groups in total. The van der Waals surface area contributed by atoms with Gasteiger partial charge in [0, 0.05) is 40.7 Å². The first-order chi connectivity index (χ1) is 8.75. The molecule has 3 nitrogen and oxygen atoms in total. The fourth-order valence-electron chi connectivity index (χ4n) is 2.43. The number of hydrogen-bond donors (Lipinski definition) is 1. The first-order valence-corrected chi connectivity index (χ1v) is 7.06. The number of Topliss-reactive ketones (excluding diaryl/α,β-unsaturated/α-hetero) is 1. The molecule has 1 aromatic carbocycles. The molecule has 2 aromatic rings. The molecular weight excluding hydrogens is 244 g/mol. The van der Waals surface area contributed by atoms with Crippen molar-refractivity contribution >= 4 is 27.2 Å². The van der Waals surface area contributed by atoms with Gasteiger partial charge in [-0.3, -0.25) is 4.79 Å². The van der Waals surface area contributed by atoms with Crippen molar-refractivity contribution < 1.29 is 4.79 Å². The highest BCUT2D eigenvalue weighted by Crippen LogP contribution is 2.26. The van der Waals surface area contributed by atoms with Gasteiger partial charge in [-0.2, -0.15) is 0 Å². The number of carbonyl (C=O) groups is 1. The number of benzene rings is 1. The Morgan fingerprint density at radius 1 is 1.44 bits per heavy atom. The number of likely N-dealkylation sites (N-methyl/N-ethyl adjacent to an activating group) is 1. The Morgan fingerprint density at radius 2 is 2.28 bits per heavy atom. The van der Waals surface area contributed by atoms with Crippen molar-refractivity contribution in [1.82, 2.24) is 10.2 Å². The zero-order valence-corrected chi connectivity index (χ0v) is 11.2. The van der Waals surface area contributed by atoms with Crippen LogP contribution >= 0.6 is 11.3 Å². The second-order valence-corrected chi connectivity index (χ2v) is 5.69. The quantitative estimate of drug-likeness (QED) is 0.838. The van der Waals surface area contributed by atoms with Crippen molar-refractivity contribution in [3.8, 4) is 0 Å². The maximum Gasteiger partial charge on any atom is 0.182 e. The molecule has 1 aliphatic heterocycles. The highest BCUT2D eigenvalue weighted by atomic mass is 32.1. The largest absolute Gasteiger partial charge is 0.305 e. The van der Waals surface area contributed by atoms with E-state index in [4.69, 9.17) is 0 Å². The summed E-state index contributed by atoms with van der Waals surface area (Å²) in [7, 11) is 2.06. The number of piperazine rings is 1. The summed E-state index contributed by atoms with van der Waals surface area (Å²) in [6.07, 6.45) is 0. The van der Waals surface area contributed by atoms with E-state index in [9.17, 15) is 4.79 Å². The molecule has 0 bridgehead atoms. The molecule has 0 aliphatic carbocycles. The van der Waals surface area contributed by atoms with Gasteiger partial charge in [-0.1, -0.05) is 18.2 Å². The molecule has 0 amide bonds. The first kappa shape index (κ1) is 11.8. The lowest BCUT2D eigenvalue weighted by molar-refractivity contribution is 0.0896. The number of thiophene rings is 1. The van der Waals surface area contributed by atoms with Crippen LogP contribution in [0.25, 0.3) is 10.1 Å². The molecule has 1 aromatic heterocycles. The van der Waals surface area contributed by atoms with Crippen LogP contribution in [0.5, 0.6) is 0 Å². The van der Waals surface area contributed by atoms with Crippen molar-refractivity contribution in [3.63, 3.8) is 0 Å². The lowest BCUT2D eigenvalue weighted by atomic mass is 10.0. The van der Waals surface area contributed by atoms with Crippen LogP contribution in [0.15, 0.2) is 29.6 Å². The van der Waals surface area contributed by atoms with Gasteiger partial charge in [-0.05, 0) is 13.1 Å². The minimum atomic E-state index is -0.0678. The van der Waals surface area contributed by atoms with Crippen molar-refractivity contribution in [2.75, 3.05) is 26.7 Å². The minimum Gasteiger partial charge on any atom is -0.305 e. The van der Waals surface area contributed by atoms with E-state index in [1.165, 1.54) is 4.70 Å². The van der Waals surface area contributed by atoms with Crippen molar-refractivity contribution in [3.05, 3.63) is 35.2 Å². The van der Waals surface area contributed by atoms with Gasteiger partial charge >= 0.3 is 0 Å². The molecule has 0 spiro atoms. The number of ketones is 1. The van der Waals surface area contributed by atoms with Crippen molar-refractivity contribution in [1.29, 1.82) is 0 Å². The summed E-state index contributed by atoms with van der Waals surface area (Å²) < 4.78 is 1.19. The fourth-order valence-corrected chi connectivity index (χ4v) is 3.38. The molecule has 3 rings (SSSR count). The van der Waals surface area contributed by atoms with Gasteiger partial charge in [0.25, 0.3) is 0 Å². The van der Waals surface area contributed by atoms with E-state index in [1.807, 2.05) is 23.6 Å². The molecule has 1 unspecified atom stereocenters. The number of fused-ring (bicyclic) bond motifs is 1. The Kier molecular flexibility index (Phi) is 3.16. The summed E-state index contributed by atoms with van der Waals surface area (Å²) >= 11 is 1.64. The number of carbonyl (C=O) groups excluding carboxylic acids is 1. The van der Waals surface area contributed by atoms with Crippen molar-refractivity contribution in [2.45, 2.75) is 6.04 Å². The summed E-state index contributed by atoms with van der Waals surface area (Å²) in [5.74, 6) is 0.221. The lowest BCUT2D eigenvalue weighted by Crippen LogP contribution is -2.52. The van der Waals surface area contributed by atoms with E-state index in [-0.39, 0.29) is 11.8 Å². The molecule has 0 radical (unpaired) electrons. The summed E-state index contributed by atoms with van der Waals surface area (Å²) in [6, 6.07) is 8.04. The monoisotopic (exact) mass is 260 g/mol. The Hall–Kier alpha value is -1.23. The lowest BCUT2D eigenvalue weighted by Gasteiger charge is -2.29. The molecule has 0 saturated carbocycles. The highest BCUT2D eigenvalue weighted by molar-refractivity contribution is 7.17. The molecule has 4 heteroatoms.